The Kier molecular flexibility index (Phi) is 12.4. The summed E-state index contributed by atoms with van der Waals surface area (Å²) >= 11 is 0. The normalized spacial score (nSPS) is 21.1. The van der Waals surface area contributed by atoms with Crippen LogP contribution in [0, 0.1) is 18.7 Å². The number of fused-ring (bicyclic) bond motifs is 5. The highest BCUT2D eigenvalue weighted by Gasteiger charge is 2.46. The second-order valence-electron chi connectivity index (χ2n) is 15.7. The number of aryl methyl sites for hydroxylation is 1. The maximum Gasteiger partial charge on any atom is 0.343 e. The Morgan fingerprint density at radius 1 is 1.15 bits per heavy atom. The highest BCUT2D eigenvalue weighted by atomic mass is 19.1. The molecule has 2 aliphatic carbocycles. The monoisotopic (exact) mass is 845 g/mol. The molecule has 19 heteroatoms. The molecule has 61 heavy (non-hydrogen) atoms. The minimum absolute atomic E-state index is 0.00212. The summed E-state index contributed by atoms with van der Waals surface area (Å²) < 4.78 is 32.7. The molecular formula is C42H48FN7O11. The zero-order chi connectivity index (χ0) is 43.7. The maximum atomic E-state index is 15.3. The van der Waals surface area contributed by atoms with E-state index in [1.807, 2.05) is 0 Å². The number of amides is 4. The Hall–Kier alpha value is -6.05. The van der Waals surface area contributed by atoms with Crippen molar-refractivity contribution in [1.82, 2.24) is 30.8 Å². The summed E-state index contributed by atoms with van der Waals surface area (Å²) in [6, 6.07) is 1.33. The molecule has 324 valence electrons. The summed E-state index contributed by atoms with van der Waals surface area (Å²) in [6.07, 6.45) is 2.48. The van der Waals surface area contributed by atoms with Crippen LogP contribution in [0.3, 0.4) is 0 Å². The van der Waals surface area contributed by atoms with Crippen molar-refractivity contribution in [3.63, 3.8) is 0 Å². The Balaban J connectivity index is 0.975. The van der Waals surface area contributed by atoms with Crippen LogP contribution in [-0.2, 0) is 68.2 Å². The number of hydrogen-bond donors (Lipinski definition) is 6. The molecule has 3 aromatic rings. The lowest BCUT2D eigenvalue weighted by Gasteiger charge is -2.36. The van der Waals surface area contributed by atoms with Gasteiger partial charge in [-0.3, -0.25) is 28.8 Å². The highest BCUT2D eigenvalue weighted by Crippen LogP contribution is 2.46. The van der Waals surface area contributed by atoms with Crippen molar-refractivity contribution in [3.05, 3.63) is 74.3 Å². The lowest BCUT2D eigenvalue weighted by molar-refractivity contribution is -0.172. The van der Waals surface area contributed by atoms with Crippen LogP contribution in [0.1, 0.15) is 84.9 Å². The van der Waals surface area contributed by atoms with Gasteiger partial charge in [-0.25, -0.2) is 14.2 Å². The number of benzene rings is 1. The SMILES string of the molecule is C=CCOC(=O)CC[C@H](NC(=O)CN)C(=O)NCC(=O)NCO[C@H]1C[C@@H](C(=O)N[C@H]2CCc3c(C)c(F)cc4nc5c(c2c34)Cn2c-5cc3c(c2=O)COC(=O)[C@]3(O)CC)C1. The topological polar surface area (TPSA) is 259 Å². The highest BCUT2D eigenvalue weighted by molar-refractivity contribution is 5.94. The van der Waals surface area contributed by atoms with Crippen LogP contribution >= 0.6 is 0 Å². The molecule has 2 aliphatic heterocycles. The molecule has 7 N–H and O–H groups in total. The smallest absolute Gasteiger partial charge is 0.343 e. The van der Waals surface area contributed by atoms with Gasteiger partial charge in [-0.1, -0.05) is 19.6 Å². The average molecular weight is 846 g/mol. The second kappa shape index (κ2) is 17.5. The van der Waals surface area contributed by atoms with Gasteiger partial charge in [0, 0.05) is 34.9 Å². The second-order valence-corrected chi connectivity index (χ2v) is 15.7. The summed E-state index contributed by atoms with van der Waals surface area (Å²) in [5.41, 5.74) is 7.11. The van der Waals surface area contributed by atoms with Crippen LogP contribution in [0.2, 0.25) is 0 Å². The van der Waals surface area contributed by atoms with E-state index in [4.69, 9.17) is 24.9 Å². The van der Waals surface area contributed by atoms with Gasteiger partial charge in [-0.2, -0.15) is 0 Å². The molecule has 2 aromatic heterocycles. The summed E-state index contributed by atoms with van der Waals surface area (Å²) in [6.45, 7) is 5.60. The fourth-order valence-corrected chi connectivity index (χ4v) is 8.51. The van der Waals surface area contributed by atoms with Gasteiger partial charge in [0.25, 0.3) is 5.56 Å². The van der Waals surface area contributed by atoms with Crippen LogP contribution in [0.15, 0.2) is 29.6 Å². The molecule has 1 aromatic carbocycles. The third kappa shape index (κ3) is 8.24. The summed E-state index contributed by atoms with van der Waals surface area (Å²) in [5, 5.41) is 22.6. The maximum absolute atomic E-state index is 15.3. The fourth-order valence-electron chi connectivity index (χ4n) is 8.51. The van der Waals surface area contributed by atoms with E-state index in [2.05, 4.69) is 27.8 Å². The summed E-state index contributed by atoms with van der Waals surface area (Å²) in [4.78, 5) is 94.1. The van der Waals surface area contributed by atoms with E-state index in [1.54, 1.807) is 19.9 Å². The van der Waals surface area contributed by atoms with Gasteiger partial charge in [0.15, 0.2) is 5.60 Å². The Morgan fingerprint density at radius 2 is 1.92 bits per heavy atom. The lowest BCUT2D eigenvalue weighted by atomic mass is 9.79. The third-order valence-electron chi connectivity index (χ3n) is 12.0. The van der Waals surface area contributed by atoms with Gasteiger partial charge in [-0.15, -0.1) is 0 Å². The fraction of sp³-hybridized carbons (Fsp3) is 0.476. The van der Waals surface area contributed by atoms with Crippen molar-refractivity contribution in [2.75, 3.05) is 26.4 Å². The summed E-state index contributed by atoms with van der Waals surface area (Å²) in [5.74, 6) is -4.36. The number of carbonyl (C=O) groups excluding carboxylic acids is 6. The number of nitrogens with two attached hydrogens (primary N) is 1. The van der Waals surface area contributed by atoms with E-state index < -0.39 is 71.2 Å². The number of halogens is 1. The molecule has 1 saturated carbocycles. The predicted octanol–water partition coefficient (Wildman–Crippen LogP) is 0.569. The zero-order valence-electron chi connectivity index (χ0n) is 33.8. The molecule has 0 spiro atoms. The Bertz CT molecular complexity index is 2410. The van der Waals surface area contributed by atoms with E-state index in [1.165, 1.54) is 16.7 Å². The number of rotatable bonds is 16. The Morgan fingerprint density at radius 3 is 2.64 bits per heavy atom. The van der Waals surface area contributed by atoms with Crippen molar-refractivity contribution in [3.8, 4) is 11.4 Å². The number of carbonyl (C=O) groups is 6. The molecule has 1 fully saturated rings. The molecule has 3 atom stereocenters. The molecule has 0 saturated heterocycles. The quantitative estimate of drug-likeness (QED) is 0.0513. The van der Waals surface area contributed by atoms with Gasteiger partial charge < -0.3 is 50.9 Å². The van der Waals surface area contributed by atoms with E-state index >= 15 is 4.39 Å². The first-order valence-electron chi connectivity index (χ1n) is 20.2. The van der Waals surface area contributed by atoms with E-state index in [9.17, 15) is 38.7 Å². The van der Waals surface area contributed by atoms with Crippen LogP contribution in [0.25, 0.3) is 22.3 Å². The largest absolute Gasteiger partial charge is 0.461 e. The van der Waals surface area contributed by atoms with Gasteiger partial charge >= 0.3 is 11.9 Å². The third-order valence-corrected chi connectivity index (χ3v) is 12.0. The van der Waals surface area contributed by atoms with Crippen molar-refractivity contribution in [1.29, 1.82) is 0 Å². The van der Waals surface area contributed by atoms with Crippen LogP contribution < -0.4 is 32.6 Å². The molecular weight excluding hydrogens is 797 g/mol. The minimum atomic E-state index is -2.02. The van der Waals surface area contributed by atoms with Gasteiger partial charge in [0.2, 0.25) is 23.6 Å². The number of hydrogen-bond acceptors (Lipinski definition) is 13. The van der Waals surface area contributed by atoms with E-state index in [0.717, 1.165) is 16.5 Å². The van der Waals surface area contributed by atoms with Gasteiger partial charge in [0.1, 0.15) is 31.8 Å². The molecule has 18 nitrogen and oxygen atoms in total. The first-order valence-corrected chi connectivity index (χ1v) is 20.2. The summed E-state index contributed by atoms with van der Waals surface area (Å²) in [7, 11) is 0. The lowest BCUT2D eigenvalue weighted by Crippen LogP contribution is -2.50. The minimum Gasteiger partial charge on any atom is -0.461 e. The first-order chi connectivity index (χ1) is 29.2. The van der Waals surface area contributed by atoms with Crippen LogP contribution in [0.5, 0.6) is 0 Å². The number of aliphatic hydroxyl groups is 1. The standard InChI is InChI=1S/C42H48FN7O11/c1-4-10-59-34(53)9-8-29(47-32(51)15-44)39(55)45-16-33(52)46-19-61-22-11-21(12-22)38(54)49-28-7-6-23-20(3)27(43)14-30-35(23)36(28)24-17-50-31(37(24)48-30)13-26-25(40(50)56)18-60-41(57)42(26,58)5-2/h4,13-14,21-22,28-29,58H,1,5-12,15-19,44H2,2-3H3,(H,45,55)(H,46,52)(H,47,51)(H,49,54)/t21-,22+,28-,29-,42-/m0/s1. The van der Waals surface area contributed by atoms with Crippen molar-refractivity contribution >= 4 is 46.5 Å². The van der Waals surface area contributed by atoms with Crippen molar-refractivity contribution in [2.45, 2.75) is 95.7 Å². The average Bonchev–Trinajstić information content (AvgIpc) is 3.60. The molecule has 0 unspecified atom stereocenters. The molecule has 4 aliphatic rings. The van der Waals surface area contributed by atoms with Crippen LogP contribution in [0.4, 0.5) is 4.39 Å². The number of nitrogens with one attached hydrogen (secondary N) is 4. The first kappa shape index (κ1) is 43.1. The molecule has 4 amide bonds. The molecule has 4 heterocycles. The zero-order valence-corrected chi connectivity index (χ0v) is 33.8. The number of cyclic esters (lactones) is 1. The van der Waals surface area contributed by atoms with E-state index in [-0.39, 0.29) is 75.4 Å². The molecule has 0 bridgehead atoms. The number of ether oxygens (including phenoxy) is 3. The van der Waals surface area contributed by atoms with Crippen molar-refractivity contribution < 1.29 is 52.5 Å². The number of esters is 2. The van der Waals surface area contributed by atoms with Gasteiger partial charge in [0.05, 0.1) is 54.2 Å². The molecule has 0 radical (unpaired) electrons. The van der Waals surface area contributed by atoms with E-state index in [0.29, 0.717) is 53.7 Å². The number of nitrogens with zero attached hydrogens (tertiary/aromatic N) is 2. The number of pyridine rings is 2. The predicted molar refractivity (Wildman–Crippen MR) is 213 cm³/mol. The Labute approximate surface area is 348 Å². The molecule has 7 rings (SSSR count). The van der Waals surface area contributed by atoms with Crippen LogP contribution in [-0.4, -0.2) is 88.8 Å². The van der Waals surface area contributed by atoms with Gasteiger partial charge in [-0.05, 0) is 68.2 Å². The number of aromatic nitrogens is 2. The van der Waals surface area contributed by atoms with Crippen molar-refractivity contribution in [2.24, 2.45) is 11.7 Å².